The van der Waals surface area contributed by atoms with Crippen molar-refractivity contribution in [1.82, 2.24) is 15.3 Å². The predicted octanol–water partition coefficient (Wildman–Crippen LogP) is 8.12. The summed E-state index contributed by atoms with van der Waals surface area (Å²) in [6, 6.07) is 30.2. The van der Waals surface area contributed by atoms with E-state index < -0.39 is 40.6 Å². The molecule has 1 aliphatic heterocycles. The molecule has 2 bridgehead atoms. The first-order chi connectivity index (χ1) is 26.4. The van der Waals surface area contributed by atoms with Gasteiger partial charge in [-0.05, 0) is 53.0 Å². The van der Waals surface area contributed by atoms with Crippen LogP contribution in [-0.4, -0.2) is 39.5 Å². The molecule has 5 atom stereocenters. The van der Waals surface area contributed by atoms with Gasteiger partial charge in [-0.3, -0.25) is 29.7 Å². The highest BCUT2D eigenvalue weighted by Crippen LogP contribution is 2.68. The standard InChI is InChI=1S/C46H49N3O5/c1-2-3-4-5-6-7-8-9-16-27-38(50)54-31-45-34-30-35(46(53,33-23-14-11-15-24-33)37-26-18-20-29-48-37)41(42(45)43(51)49-44(45)52)40(34)39(32-21-12-10-13-22-32)36-25-17-19-28-47-36/h10-15,17-26,28-30,34,41-42,53H,2-9,16,27,31H2,1H3,(H,49,51,52). The molecular formula is C46H49N3O5. The molecule has 8 nitrogen and oxygen atoms in total. The van der Waals surface area contributed by atoms with E-state index in [4.69, 9.17) is 9.72 Å². The molecule has 2 aromatic heterocycles. The summed E-state index contributed by atoms with van der Waals surface area (Å²) in [4.78, 5) is 51.2. The second-order valence-corrected chi connectivity index (χ2v) is 14.9. The molecule has 2 fully saturated rings. The van der Waals surface area contributed by atoms with Crippen molar-refractivity contribution in [3.8, 4) is 0 Å². The summed E-state index contributed by atoms with van der Waals surface area (Å²) in [6.45, 7) is 1.97. The van der Waals surface area contributed by atoms with Crippen LogP contribution in [0.4, 0.5) is 0 Å². The van der Waals surface area contributed by atoms with Crippen molar-refractivity contribution < 1.29 is 24.2 Å². The molecule has 7 rings (SSSR count). The lowest BCUT2D eigenvalue weighted by molar-refractivity contribution is -0.152. The molecule has 0 radical (unpaired) electrons. The molecule has 2 amide bonds. The van der Waals surface area contributed by atoms with Gasteiger partial charge >= 0.3 is 5.97 Å². The van der Waals surface area contributed by atoms with Gasteiger partial charge in [0.1, 0.15) is 12.0 Å². The largest absolute Gasteiger partial charge is 0.464 e. The van der Waals surface area contributed by atoms with E-state index in [1.165, 1.54) is 32.1 Å². The number of pyridine rings is 2. The molecule has 3 aliphatic rings. The minimum Gasteiger partial charge on any atom is -0.464 e. The first kappa shape index (κ1) is 37.1. The van der Waals surface area contributed by atoms with Crippen molar-refractivity contribution >= 4 is 23.4 Å². The summed E-state index contributed by atoms with van der Waals surface area (Å²) < 4.78 is 6.01. The van der Waals surface area contributed by atoms with Crippen molar-refractivity contribution in [2.75, 3.05) is 6.61 Å². The van der Waals surface area contributed by atoms with Gasteiger partial charge in [0.05, 0.1) is 17.3 Å². The number of nitrogens with zero attached hydrogens (tertiary/aromatic N) is 2. The van der Waals surface area contributed by atoms with Crippen LogP contribution in [0, 0.1) is 23.2 Å². The van der Waals surface area contributed by atoms with Crippen molar-refractivity contribution in [3.05, 3.63) is 149 Å². The van der Waals surface area contributed by atoms with Crippen molar-refractivity contribution in [1.29, 1.82) is 0 Å². The van der Waals surface area contributed by atoms with Gasteiger partial charge in [-0.1, -0.05) is 137 Å². The Hall–Kier alpha value is -5.21. The molecular weight excluding hydrogens is 675 g/mol. The zero-order valence-electron chi connectivity index (χ0n) is 31.0. The number of hydrogen-bond acceptors (Lipinski definition) is 7. The maximum atomic E-state index is 14.3. The number of amides is 2. The highest BCUT2D eigenvalue weighted by atomic mass is 16.5. The highest BCUT2D eigenvalue weighted by Gasteiger charge is 2.73. The average molecular weight is 724 g/mol. The number of aliphatic hydroxyl groups is 1. The molecule has 1 saturated carbocycles. The van der Waals surface area contributed by atoms with Gasteiger partial charge in [0.25, 0.3) is 0 Å². The number of aromatic nitrogens is 2. The van der Waals surface area contributed by atoms with Crippen LogP contribution in [0.5, 0.6) is 0 Å². The summed E-state index contributed by atoms with van der Waals surface area (Å²) in [5, 5.41) is 15.8. The number of carbonyl (C=O) groups excluding carboxylic acids is 3. The van der Waals surface area contributed by atoms with E-state index >= 15 is 0 Å². The second kappa shape index (κ2) is 16.4. The minimum atomic E-state index is -1.75. The Morgan fingerprint density at radius 2 is 1.43 bits per heavy atom. The molecule has 2 aromatic carbocycles. The van der Waals surface area contributed by atoms with Gasteiger partial charge in [0.2, 0.25) is 11.8 Å². The number of hydrogen-bond donors (Lipinski definition) is 2. The molecule has 54 heavy (non-hydrogen) atoms. The fraction of sp³-hybridized carbons (Fsp3) is 0.370. The smallest absolute Gasteiger partial charge is 0.305 e. The second-order valence-electron chi connectivity index (χ2n) is 14.9. The van der Waals surface area contributed by atoms with Crippen LogP contribution in [0.2, 0.25) is 0 Å². The molecule has 0 spiro atoms. The van der Waals surface area contributed by atoms with E-state index in [9.17, 15) is 19.5 Å². The van der Waals surface area contributed by atoms with Gasteiger partial charge in [0, 0.05) is 36.2 Å². The fourth-order valence-electron chi connectivity index (χ4n) is 9.03. The molecule has 278 valence electrons. The van der Waals surface area contributed by atoms with Crippen molar-refractivity contribution in [3.63, 3.8) is 0 Å². The topological polar surface area (TPSA) is 118 Å². The predicted molar refractivity (Wildman–Crippen MR) is 207 cm³/mol. The van der Waals surface area contributed by atoms with E-state index in [2.05, 4.69) is 17.2 Å². The SMILES string of the molecule is CCCCCCCCCCCC(=O)OCC12C(=O)NC(=O)C1C1C(C(O)(c3ccccc3)c3ccccn3)=CC2C1=C(c1ccccc1)c1ccccn1. The van der Waals surface area contributed by atoms with Crippen LogP contribution in [-0.2, 0) is 24.7 Å². The molecule has 1 saturated heterocycles. The monoisotopic (exact) mass is 723 g/mol. The minimum absolute atomic E-state index is 0.251. The molecule has 4 aromatic rings. The molecule has 3 heterocycles. The summed E-state index contributed by atoms with van der Waals surface area (Å²) in [5.41, 5.74) is 1.50. The Bertz CT molecular complexity index is 1920. The number of esters is 1. The number of rotatable bonds is 17. The van der Waals surface area contributed by atoms with Crippen LogP contribution in [0.1, 0.15) is 93.6 Å². The van der Waals surface area contributed by atoms with Gasteiger partial charge in [-0.25, -0.2) is 0 Å². The molecule has 5 unspecified atom stereocenters. The summed E-state index contributed by atoms with van der Waals surface area (Å²) in [5.74, 6) is -3.70. The normalized spacial score (nSPS) is 23.4. The quantitative estimate of drug-likeness (QED) is 0.0489. The number of fused-ring (bicyclic) bond motifs is 5. The Morgan fingerprint density at radius 3 is 2.07 bits per heavy atom. The molecule has 2 aliphatic carbocycles. The summed E-state index contributed by atoms with van der Waals surface area (Å²) in [7, 11) is 0. The summed E-state index contributed by atoms with van der Waals surface area (Å²) >= 11 is 0. The lowest BCUT2D eigenvalue weighted by Crippen LogP contribution is -2.46. The van der Waals surface area contributed by atoms with E-state index in [1.807, 2.05) is 91.0 Å². The Balaban J connectivity index is 1.29. The number of imide groups is 1. The Morgan fingerprint density at radius 1 is 0.796 bits per heavy atom. The molecule has 2 N–H and O–H groups in total. The summed E-state index contributed by atoms with van der Waals surface area (Å²) in [6.07, 6.45) is 15.7. The zero-order valence-corrected chi connectivity index (χ0v) is 31.0. The van der Waals surface area contributed by atoms with Crippen LogP contribution in [0.3, 0.4) is 0 Å². The lowest BCUT2D eigenvalue weighted by atomic mass is 9.65. The van der Waals surface area contributed by atoms with Crippen LogP contribution < -0.4 is 5.32 Å². The number of carbonyl (C=O) groups is 3. The Labute approximate surface area is 317 Å². The average Bonchev–Trinajstić information content (AvgIpc) is 3.82. The van der Waals surface area contributed by atoms with Crippen LogP contribution >= 0.6 is 0 Å². The zero-order chi connectivity index (χ0) is 37.5. The number of benzene rings is 2. The fourth-order valence-corrected chi connectivity index (χ4v) is 9.03. The third-order valence-corrected chi connectivity index (χ3v) is 11.6. The first-order valence-corrected chi connectivity index (χ1v) is 19.5. The number of ether oxygens (including phenoxy) is 1. The Kier molecular flexibility index (Phi) is 11.3. The number of unbranched alkanes of at least 4 members (excludes halogenated alkanes) is 8. The van der Waals surface area contributed by atoms with E-state index in [1.54, 1.807) is 24.5 Å². The third-order valence-electron chi connectivity index (χ3n) is 11.6. The van der Waals surface area contributed by atoms with Crippen molar-refractivity contribution in [2.24, 2.45) is 23.2 Å². The number of allylic oxidation sites excluding steroid dienone is 2. The molecule has 8 heteroatoms. The maximum absolute atomic E-state index is 14.3. The van der Waals surface area contributed by atoms with E-state index in [0.717, 1.165) is 36.0 Å². The third kappa shape index (κ3) is 6.84. The van der Waals surface area contributed by atoms with Gasteiger partial charge in [0.15, 0.2) is 5.60 Å². The van der Waals surface area contributed by atoms with E-state index in [0.29, 0.717) is 28.9 Å². The number of nitrogens with one attached hydrogen (secondary N) is 1. The lowest BCUT2D eigenvalue weighted by Gasteiger charge is -2.39. The van der Waals surface area contributed by atoms with Gasteiger partial charge < -0.3 is 9.84 Å². The van der Waals surface area contributed by atoms with Gasteiger partial charge in [-0.2, -0.15) is 0 Å². The maximum Gasteiger partial charge on any atom is 0.305 e. The van der Waals surface area contributed by atoms with Crippen molar-refractivity contribution in [2.45, 2.75) is 76.7 Å². The van der Waals surface area contributed by atoms with Crippen LogP contribution in [0.25, 0.3) is 5.57 Å². The van der Waals surface area contributed by atoms with E-state index in [-0.39, 0.29) is 19.0 Å². The first-order valence-electron chi connectivity index (χ1n) is 19.5. The van der Waals surface area contributed by atoms with Crippen LogP contribution in [0.15, 0.2) is 127 Å². The highest BCUT2D eigenvalue weighted by molar-refractivity contribution is 6.11. The van der Waals surface area contributed by atoms with Gasteiger partial charge in [-0.15, -0.1) is 0 Å².